The van der Waals surface area contributed by atoms with E-state index in [2.05, 4.69) is 30.8 Å². The Morgan fingerprint density at radius 1 is 1.31 bits per heavy atom. The first-order valence-electron chi connectivity index (χ1n) is 10.3. The van der Waals surface area contributed by atoms with Gasteiger partial charge >= 0.3 is 6.01 Å². The smallest absolute Gasteiger partial charge is 0.319 e. The monoisotopic (exact) mass is 538 g/mol. The molecule has 32 heavy (non-hydrogen) atoms. The van der Waals surface area contributed by atoms with Gasteiger partial charge in [0.1, 0.15) is 35.7 Å². The zero-order valence-corrected chi connectivity index (χ0v) is 19.2. The molecule has 12 heteroatoms. The lowest BCUT2D eigenvalue weighted by Crippen LogP contribution is -2.43. The maximum Gasteiger partial charge on any atom is 0.319 e. The maximum atomic E-state index is 15.1. The highest BCUT2D eigenvalue weighted by molar-refractivity contribution is 9.10. The van der Waals surface area contributed by atoms with E-state index in [1.54, 1.807) is 0 Å². The quantitative estimate of drug-likeness (QED) is 0.409. The zero-order chi connectivity index (χ0) is 22.6. The molecule has 1 aromatic heterocycles. The lowest BCUT2D eigenvalue weighted by Gasteiger charge is -2.31. The van der Waals surface area contributed by atoms with Crippen LogP contribution in [0.3, 0.4) is 0 Å². The molecule has 0 radical (unpaired) electrons. The first-order valence-corrected chi connectivity index (χ1v) is 11.5. The zero-order valence-electron chi connectivity index (χ0n) is 16.9. The Bertz CT molecular complexity index is 1060. The molecule has 6 nitrogen and oxygen atoms in total. The Kier molecular flexibility index (Phi) is 5.78. The molecule has 0 N–H and O–H groups in total. The molecule has 1 aromatic carbocycles. The van der Waals surface area contributed by atoms with Crippen LogP contribution in [0.5, 0.6) is 11.8 Å². The van der Waals surface area contributed by atoms with Crippen LogP contribution in [0.1, 0.15) is 19.3 Å². The van der Waals surface area contributed by atoms with E-state index in [1.807, 2.05) is 0 Å². The van der Waals surface area contributed by atoms with Crippen molar-refractivity contribution in [3.05, 3.63) is 15.3 Å². The summed E-state index contributed by atoms with van der Waals surface area (Å²) in [4.78, 5) is 12.0. The maximum absolute atomic E-state index is 15.1. The number of hydrogen-bond donors (Lipinski definition) is 0. The highest BCUT2D eigenvalue weighted by Crippen LogP contribution is 2.46. The second-order valence-corrected chi connectivity index (χ2v) is 9.54. The van der Waals surface area contributed by atoms with Crippen molar-refractivity contribution in [3.63, 3.8) is 0 Å². The van der Waals surface area contributed by atoms with Gasteiger partial charge in [0, 0.05) is 13.0 Å². The molecule has 4 heterocycles. The Labute approximate surface area is 194 Å². The molecule has 0 amide bonds. The fourth-order valence-corrected chi connectivity index (χ4v) is 5.59. The Balaban J connectivity index is 1.58. The van der Waals surface area contributed by atoms with E-state index >= 15 is 4.39 Å². The van der Waals surface area contributed by atoms with E-state index in [-0.39, 0.29) is 57.7 Å². The molecule has 0 unspecified atom stereocenters. The van der Waals surface area contributed by atoms with Gasteiger partial charge in [-0.2, -0.15) is 9.97 Å². The Hall–Kier alpha value is -1.59. The van der Waals surface area contributed by atoms with Crippen LogP contribution in [-0.2, 0) is 0 Å². The van der Waals surface area contributed by atoms with Gasteiger partial charge in [-0.15, -0.1) is 0 Å². The van der Waals surface area contributed by atoms with Crippen molar-refractivity contribution in [3.8, 4) is 11.8 Å². The third kappa shape index (κ3) is 3.66. The standard InChI is InChI=1S/C20H20BrClF4N4O2/c21-13-14(22)17-12-16(15(13)26)27-19(28-18(12)29(4-5-31-17)8-11(24)25)32-9-20-2-1-3-30(20)7-10(23)6-20/h10-11H,1-9H2/t10-,20+/m1/s1. The second kappa shape index (κ2) is 8.32. The first kappa shape index (κ1) is 22.2. The average Bonchev–Trinajstić information content (AvgIpc) is 3.20. The molecule has 2 saturated heterocycles. The molecule has 2 aromatic rings. The molecule has 0 spiro atoms. The number of hydrogen-bond acceptors (Lipinski definition) is 6. The van der Waals surface area contributed by atoms with Crippen LogP contribution in [0.2, 0.25) is 5.02 Å². The van der Waals surface area contributed by atoms with Crippen LogP contribution in [0.25, 0.3) is 10.9 Å². The molecule has 3 aliphatic rings. The predicted molar refractivity (Wildman–Crippen MR) is 114 cm³/mol. The molecular weight excluding hydrogens is 520 g/mol. The van der Waals surface area contributed by atoms with Gasteiger partial charge in [0.25, 0.3) is 6.43 Å². The Morgan fingerprint density at radius 3 is 2.91 bits per heavy atom. The van der Waals surface area contributed by atoms with Gasteiger partial charge in [-0.05, 0) is 35.3 Å². The topological polar surface area (TPSA) is 50.7 Å². The molecule has 2 atom stereocenters. The number of aromatic nitrogens is 2. The minimum Gasteiger partial charge on any atom is -0.489 e. The Morgan fingerprint density at radius 2 is 2.12 bits per heavy atom. The fraction of sp³-hybridized carbons (Fsp3) is 0.600. The summed E-state index contributed by atoms with van der Waals surface area (Å²) in [6, 6.07) is -0.156. The summed E-state index contributed by atoms with van der Waals surface area (Å²) in [5.41, 5.74) is -0.602. The molecule has 3 aliphatic heterocycles. The van der Waals surface area contributed by atoms with Gasteiger partial charge in [0.2, 0.25) is 0 Å². The normalized spacial score (nSPS) is 25.3. The summed E-state index contributed by atoms with van der Waals surface area (Å²) < 4.78 is 67.2. The van der Waals surface area contributed by atoms with E-state index < -0.39 is 30.5 Å². The number of alkyl halides is 3. The first-order chi connectivity index (χ1) is 15.3. The molecule has 2 fully saturated rings. The summed E-state index contributed by atoms with van der Waals surface area (Å²) in [6.07, 6.45) is -1.52. The summed E-state index contributed by atoms with van der Waals surface area (Å²) in [7, 11) is 0. The highest BCUT2D eigenvalue weighted by atomic mass is 79.9. The van der Waals surface area contributed by atoms with Gasteiger partial charge in [-0.1, -0.05) is 11.6 Å². The van der Waals surface area contributed by atoms with E-state index in [1.165, 1.54) is 4.90 Å². The number of ether oxygens (including phenoxy) is 2. The summed E-state index contributed by atoms with van der Waals surface area (Å²) in [5, 5.41) is 0.0967. The van der Waals surface area contributed by atoms with Gasteiger partial charge < -0.3 is 14.4 Å². The second-order valence-electron chi connectivity index (χ2n) is 8.37. The van der Waals surface area contributed by atoms with Crippen molar-refractivity contribution in [2.45, 2.75) is 37.4 Å². The van der Waals surface area contributed by atoms with Crippen molar-refractivity contribution < 1.29 is 27.0 Å². The van der Waals surface area contributed by atoms with Gasteiger partial charge in [0.15, 0.2) is 11.6 Å². The highest BCUT2D eigenvalue weighted by Gasteiger charge is 2.49. The van der Waals surface area contributed by atoms with Crippen LogP contribution < -0.4 is 14.4 Å². The van der Waals surface area contributed by atoms with E-state index in [9.17, 15) is 13.2 Å². The summed E-state index contributed by atoms with van der Waals surface area (Å²) >= 11 is 9.38. The molecular formula is C20H20BrClF4N4O2. The third-order valence-electron chi connectivity index (χ3n) is 6.39. The van der Waals surface area contributed by atoms with Crippen LogP contribution in [-0.4, -0.2) is 72.4 Å². The fourth-order valence-electron chi connectivity index (χ4n) is 4.99. The number of halogens is 6. The molecule has 5 rings (SSSR count). The van der Waals surface area contributed by atoms with E-state index in [0.717, 1.165) is 19.4 Å². The third-order valence-corrected chi connectivity index (χ3v) is 7.72. The van der Waals surface area contributed by atoms with Crippen LogP contribution in [0, 0.1) is 5.82 Å². The van der Waals surface area contributed by atoms with Gasteiger partial charge in [-0.25, -0.2) is 17.6 Å². The van der Waals surface area contributed by atoms with Crippen molar-refractivity contribution >= 4 is 44.3 Å². The SMILES string of the molecule is Fc1c(Br)c(Cl)c2c3c(nc(OC[C@@]45CCCN4C[C@H](F)C5)nc13)N(CC(F)F)CCO2. The largest absolute Gasteiger partial charge is 0.489 e. The lowest BCUT2D eigenvalue weighted by molar-refractivity contribution is 0.107. The predicted octanol–water partition coefficient (Wildman–Crippen LogP) is 4.60. The number of nitrogens with zero attached hydrogens (tertiary/aromatic N) is 4. The van der Waals surface area contributed by atoms with Crippen molar-refractivity contribution in [1.82, 2.24) is 14.9 Å². The number of rotatable bonds is 5. The number of fused-ring (bicyclic) bond motifs is 1. The minimum atomic E-state index is -2.65. The minimum absolute atomic E-state index is 0.0205. The lowest BCUT2D eigenvalue weighted by atomic mass is 9.95. The molecule has 0 aliphatic carbocycles. The molecule has 174 valence electrons. The van der Waals surface area contributed by atoms with Gasteiger partial charge in [-0.3, -0.25) is 4.90 Å². The van der Waals surface area contributed by atoms with E-state index in [0.29, 0.717) is 13.0 Å². The molecule has 0 bridgehead atoms. The molecule has 0 saturated carbocycles. The van der Waals surface area contributed by atoms with Crippen LogP contribution in [0.15, 0.2) is 4.47 Å². The number of benzene rings is 1. The number of anilines is 1. The van der Waals surface area contributed by atoms with Gasteiger partial charge in [0.05, 0.1) is 28.5 Å². The average molecular weight is 540 g/mol. The summed E-state index contributed by atoms with van der Waals surface area (Å²) in [6.45, 7) is 0.814. The van der Waals surface area contributed by atoms with E-state index in [4.69, 9.17) is 21.1 Å². The van der Waals surface area contributed by atoms with Crippen LogP contribution in [0.4, 0.5) is 23.4 Å². The van der Waals surface area contributed by atoms with Crippen molar-refractivity contribution in [2.24, 2.45) is 0 Å². The van der Waals surface area contributed by atoms with Crippen LogP contribution >= 0.6 is 27.5 Å². The van der Waals surface area contributed by atoms with Crippen molar-refractivity contribution in [2.75, 3.05) is 44.3 Å². The van der Waals surface area contributed by atoms with Crippen molar-refractivity contribution in [1.29, 1.82) is 0 Å². The summed E-state index contributed by atoms with van der Waals surface area (Å²) in [5.74, 6) is -0.568.